The van der Waals surface area contributed by atoms with Gasteiger partial charge in [0.15, 0.2) is 0 Å². The van der Waals surface area contributed by atoms with Gasteiger partial charge in [0.25, 0.3) is 0 Å². The van der Waals surface area contributed by atoms with E-state index >= 15 is 0 Å². The summed E-state index contributed by atoms with van der Waals surface area (Å²) in [4.78, 5) is 25.0. The van der Waals surface area contributed by atoms with Crippen LogP contribution in [-0.4, -0.2) is 56.3 Å². The van der Waals surface area contributed by atoms with Crippen LogP contribution in [0.2, 0.25) is 0 Å². The summed E-state index contributed by atoms with van der Waals surface area (Å²) >= 11 is 0. The van der Waals surface area contributed by atoms with E-state index in [-0.39, 0.29) is 18.4 Å². The first-order valence-electron chi connectivity index (χ1n) is 10.8. The summed E-state index contributed by atoms with van der Waals surface area (Å²) in [6.45, 7) is 2.91. The number of fused-ring (bicyclic) bond motifs is 1. The molecule has 0 bridgehead atoms. The third kappa shape index (κ3) is 4.00. The third-order valence-electron chi connectivity index (χ3n) is 7.21. The maximum atomic E-state index is 13.0. The largest absolute Gasteiger partial charge is 0.496 e. The molecule has 5 unspecified atom stereocenters. The van der Waals surface area contributed by atoms with Gasteiger partial charge in [0.2, 0.25) is 0 Å². The lowest BCUT2D eigenvalue weighted by Crippen LogP contribution is -2.61. The number of hydrogen-bond donors (Lipinski definition) is 0. The highest BCUT2D eigenvalue weighted by atomic mass is 16.6. The summed E-state index contributed by atoms with van der Waals surface area (Å²) in [5, 5.41) is 0. The zero-order valence-electron chi connectivity index (χ0n) is 17.5. The Hall–Kier alpha value is -2.08. The van der Waals surface area contributed by atoms with Crippen LogP contribution < -0.4 is 4.74 Å². The highest BCUT2D eigenvalue weighted by Gasteiger charge is 2.46. The molecule has 3 saturated heterocycles. The van der Waals surface area contributed by atoms with Crippen molar-refractivity contribution < 1.29 is 28.3 Å². The second-order valence-corrected chi connectivity index (χ2v) is 8.99. The van der Waals surface area contributed by atoms with E-state index in [0.717, 1.165) is 16.5 Å². The molecule has 6 heteroatoms. The standard InChI is InChI=1S/C23H32NO5/c1-24-12-6-5-10-19(24)16(8-7-13-24)15-28-23(26)18-14-21(25)29-22(18)17-9-3-4-11-20(17)27-2/h3-4,9,11,16,18-19,22H,5-8,10,12-15H2,1-2H3/q+1. The van der Waals surface area contributed by atoms with E-state index in [0.29, 0.717) is 24.3 Å². The Kier molecular flexibility index (Phi) is 5.81. The summed E-state index contributed by atoms with van der Waals surface area (Å²) in [5.74, 6) is -0.290. The predicted molar refractivity (Wildman–Crippen MR) is 107 cm³/mol. The quantitative estimate of drug-likeness (QED) is 0.559. The molecule has 4 rings (SSSR count). The molecule has 0 radical (unpaired) electrons. The smallest absolute Gasteiger partial charge is 0.313 e. The number of nitrogens with zero attached hydrogens (tertiary/aromatic N) is 1. The van der Waals surface area contributed by atoms with E-state index in [1.54, 1.807) is 7.11 Å². The molecule has 0 amide bonds. The van der Waals surface area contributed by atoms with Crippen molar-refractivity contribution >= 4 is 11.9 Å². The normalized spacial score (nSPS) is 34.2. The zero-order chi connectivity index (χ0) is 20.4. The first-order valence-corrected chi connectivity index (χ1v) is 10.8. The maximum Gasteiger partial charge on any atom is 0.313 e. The number of carbonyl (C=O) groups excluding carboxylic acids is 2. The Morgan fingerprint density at radius 3 is 2.79 bits per heavy atom. The molecule has 3 heterocycles. The van der Waals surface area contributed by atoms with Gasteiger partial charge in [0.1, 0.15) is 17.8 Å². The minimum absolute atomic E-state index is 0.0589. The van der Waals surface area contributed by atoms with E-state index in [4.69, 9.17) is 14.2 Å². The number of para-hydroxylation sites is 1. The summed E-state index contributed by atoms with van der Waals surface area (Å²) in [7, 11) is 3.93. The van der Waals surface area contributed by atoms with Crippen molar-refractivity contribution in [3.63, 3.8) is 0 Å². The third-order valence-corrected chi connectivity index (χ3v) is 7.21. The lowest BCUT2D eigenvalue weighted by Gasteiger charge is -2.51. The fourth-order valence-electron chi connectivity index (χ4n) is 5.67. The summed E-state index contributed by atoms with van der Waals surface area (Å²) in [5.41, 5.74) is 0.719. The van der Waals surface area contributed by atoms with Gasteiger partial charge in [0, 0.05) is 17.9 Å². The van der Waals surface area contributed by atoms with E-state index in [2.05, 4.69) is 7.05 Å². The van der Waals surface area contributed by atoms with Crippen molar-refractivity contribution in [2.45, 2.75) is 50.7 Å². The van der Waals surface area contributed by atoms with Gasteiger partial charge in [0.05, 0.1) is 46.3 Å². The number of rotatable bonds is 5. The van der Waals surface area contributed by atoms with Crippen LogP contribution in [0.1, 0.15) is 50.2 Å². The zero-order valence-corrected chi connectivity index (χ0v) is 17.5. The summed E-state index contributed by atoms with van der Waals surface area (Å²) in [6.07, 6.45) is 5.49. The topological polar surface area (TPSA) is 61.8 Å². The number of piperidine rings is 2. The lowest BCUT2D eigenvalue weighted by molar-refractivity contribution is -0.947. The molecule has 158 valence electrons. The van der Waals surface area contributed by atoms with Crippen LogP contribution in [0.4, 0.5) is 0 Å². The number of esters is 2. The number of methoxy groups -OCH3 is 1. The van der Waals surface area contributed by atoms with Crippen molar-refractivity contribution in [3.8, 4) is 5.75 Å². The van der Waals surface area contributed by atoms with Crippen LogP contribution in [0, 0.1) is 11.8 Å². The van der Waals surface area contributed by atoms with Crippen LogP contribution in [0.15, 0.2) is 24.3 Å². The minimum Gasteiger partial charge on any atom is -0.496 e. The molecular weight excluding hydrogens is 370 g/mol. The van der Waals surface area contributed by atoms with Crippen molar-refractivity contribution in [2.75, 3.05) is 33.9 Å². The molecule has 3 aliphatic heterocycles. The fraction of sp³-hybridized carbons (Fsp3) is 0.652. The van der Waals surface area contributed by atoms with Crippen molar-refractivity contribution in [1.29, 1.82) is 0 Å². The van der Waals surface area contributed by atoms with Crippen LogP contribution >= 0.6 is 0 Å². The van der Waals surface area contributed by atoms with Gasteiger partial charge in [-0.25, -0.2) is 0 Å². The van der Waals surface area contributed by atoms with E-state index in [1.165, 1.54) is 38.8 Å². The number of quaternary nitrogens is 1. The Balaban J connectivity index is 1.44. The van der Waals surface area contributed by atoms with Crippen LogP contribution in [0.3, 0.4) is 0 Å². The number of carbonyl (C=O) groups is 2. The van der Waals surface area contributed by atoms with Gasteiger partial charge in [-0.15, -0.1) is 0 Å². The molecule has 29 heavy (non-hydrogen) atoms. The predicted octanol–water partition coefficient (Wildman–Crippen LogP) is 3.25. The number of benzene rings is 1. The Labute approximate surface area is 172 Å². The summed E-state index contributed by atoms with van der Waals surface area (Å²) < 4.78 is 17.8. The van der Waals surface area contributed by atoms with Crippen molar-refractivity contribution in [2.24, 2.45) is 11.8 Å². The molecule has 3 fully saturated rings. The monoisotopic (exact) mass is 402 g/mol. The molecule has 6 nitrogen and oxygen atoms in total. The van der Waals surface area contributed by atoms with E-state index in [9.17, 15) is 9.59 Å². The first-order chi connectivity index (χ1) is 14.0. The van der Waals surface area contributed by atoms with Gasteiger partial charge < -0.3 is 18.7 Å². The summed E-state index contributed by atoms with van der Waals surface area (Å²) in [6, 6.07) is 7.95. The second kappa shape index (κ2) is 8.34. The number of cyclic esters (lactones) is 1. The van der Waals surface area contributed by atoms with Crippen LogP contribution in [0.25, 0.3) is 0 Å². The molecule has 1 aromatic rings. The molecule has 3 aliphatic rings. The number of hydrogen-bond acceptors (Lipinski definition) is 5. The van der Waals surface area contributed by atoms with Crippen molar-refractivity contribution in [3.05, 3.63) is 29.8 Å². The fourth-order valence-corrected chi connectivity index (χ4v) is 5.67. The molecule has 0 aromatic heterocycles. The molecule has 0 spiro atoms. The van der Waals surface area contributed by atoms with Gasteiger partial charge >= 0.3 is 11.9 Å². The molecule has 5 atom stereocenters. The van der Waals surface area contributed by atoms with Crippen LogP contribution in [-0.2, 0) is 19.1 Å². The highest BCUT2D eigenvalue weighted by molar-refractivity contribution is 5.84. The molecule has 0 aliphatic carbocycles. The second-order valence-electron chi connectivity index (χ2n) is 8.99. The van der Waals surface area contributed by atoms with Crippen LogP contribution in [0.5, 0.6) is 5.75 Å². The average Bonchev–Trinajstić information content (AvgIpc) is 3.13. The molecule has 0 saturated carbocycles. The Bertz CT molecular complexity index is 761. The Morgan fingerprint density at radius 2 is 1.97 bits per heavy atom. The van der Waals surface area contributed by atoms with Gasteiger partial charge in [-0.1, -0.05) is 18.2 Å². The minimum atomic E-state index is -0.645. The Morgan fingerprint density at radius 1 is 1.17 bits per heavy atom. The van der Waals surface area contributed by atoms with E-state index in [1.807, 2.05) is 24.3 Å². The van der Waals surface area contributed by atoms with Gasteiger partial charge in [-0.05, 0) is 31.7 Å². The van der Waals surface area contributed by atoms with E-state index < -0.39 is 12.0 Å². The number of ether oxygens (including phenoxy) is 3. The first kappa shape index (κ1) is 20.2. The SMILES string of the molecule is COc1ccccc1C1OC(=O)CC1C(=O)OCC1CCC[N+]2(C)CCCCC12. The van der Waals surface area contributed by atoms with Crippen molar-refractivity contribution in [1.82, 2.24) is 0 Å². The van der Waals surface area contributed by atoms with Gasteiger partial charge in [-0.3, -0.25) is 9.59 Å². The highest BCUT2D eigenvalue weighted by Crippen LogP contribution is 2.41. The average molecular weight is 403 g/mol. The molecular formula is C23H32NO5+. The maximum absolute atomic E-state index is 13.0. The van der Waals surface area contributed by atoms with Gasteiger partial charge in [-0.2, -0.15) is 0 Å². The lowest BCUT2D eigenvalue weighted by atomic mass is 9.82. The molecule has 0 N–H and O–H groups in total. The molecule has 1 aromatic carbocycles.